The van der Waals surface area contributed by atoms with Crippen molar-refractivity contribution in [2.75, 3.05) is 13.7 Å². The number of hydrogen-bond donors (Lipinski definition) is 1. The van der Waals surface area contributed by atoms with Gasteiger partial charge in [-0.2, -0.15) is 5.10 Å². The molecule has 0 radical (unpaired) electrons. The van der Waals surface area contributed by atoms with E-state index < -0.39 is 0 Å². The average molecular weight is 442 g/mol. The minimum Gasteiger partial charge on any atom is -0.496 e. The van der Waals surface area contributed by atoms with Crippen molar-refractivity contribution < 1.29 is 9.53 Å². The fourth-order valence-electron chi connectivity index (χ4n) is 3.09. The van der Waals surface area contributed by atoms with E-state index >= 15 is 0 Å². The molecule has 146 valence electrons. The first-order chi connectivity index (χ1) is 13.3. The molecule has 0 aliphatic heterocycles. The first kappa shape index (κ1) is 20.1. The molecule has 0 unspecified atom stereocenters. The van der Waals surface area contributed by atoms with Crippen LogP contribution in [0.25, 0.3) is 11.3 Å². The second-order valence-corrected chi connectivity index (χ2v) is 8.25. The highest BCUT2D eigenvalue weighted by Crippen LogP contribution is 2.31. The van der Waals surface area contributed by atoms with E-state index in [4.69, 9.17) is 4.74 Å². The van der Waals surface area contributed by atoms with E-state index in [0.717, 1.165) is 15.6 Å². The van der Waals surface area contributed by atoms with Crippen LogP contribution >= 0.6 is 15.9 Å². The Balaban J connectivity index is 1.83. The first-order valence-corrected chi connectivity index (χ1v) is 9.82. The van der Waals surface area contributed by atoms with Crippen LogP contribution in [-0.2, 0) is 12.5 Å². The number of ether oxygens (including phenoxy) is 1. The molecular weight excluding hydrogens is 418 g/mol. The molecule has 0 fully saturated rings. The maximum Gasteiger partial charge on any atom is 0.255 e. The highest BCUT2D eigenvalue weighted by molar-refractivity contribution is 9.10. The van der Waals surface area contributed by atoms with Crippen LogP contribution in [0.3, 0.4) is 0 Å². The van der Waals surface area contributed by atoms with Crippen LogP contribution in [0.4, 0.5) is 0 Å². The number of carbonyl (C=O) groups is 1. The number of halogens is 1. The normalized spacial score (nSPS) is 11.3. The lowest BCUT2D eigenvalue weighted by Crippen LogP contribution is -2.36. The molecule has 0 spiro atoms. The van der Waals surface area contributed by atoms with E-state index in [2.05, 4.69) is 52.3 Å². The summed E-state index contributed by atoms with van der Waals surface area (Å²) in [6.07, 6.45) is 1.74. The molecule has 0 atom stereocenters. The summed E-state index contributed by atoms with van der Waals surface area (Å²) in [5.74, 6) is 0.532. The van der Waals surface area contributed by atoms with Crippen molar-refractivity contribution in [2.45, 2.75) is 19.3 Å². The van der Waals surface area contributed by atoms with E-state index in [1.54, 1.807) is 18.0 Å². The Hall–Kier alpha value is -2.60. The van der Waals surface area contributed by atoms with Crippen molar-refractivity contribution in [3.63, 3.8) is 0 Å². The summed E-state index contributed by atoms with van der Waals surface area (Å²) in [5, 5.41) is 7.56. The van der Waals surface area contributed by atoms with Gasteiger partial charge < -0.3 is 10.1 Å². The molecule has 3 aromatic rings. The number of para-hydroxylation sites is 1. The summed E-state index contributed by atoms with van der Waals surface area (Å²) < 4.78 is 8.13. The maximum atomic E-state index is 13.0. The minimum absolute atomic E-state index is 0.154. The lowest BCUT2D eigenvalue weighted by atomic mass is 9.84. The largest absolute Gasteiger partial charge is 0.496 e. The molecular formula is C22H24BrN3O2. The number of nitrogens with one attached hydrogen (secondary N) is 1. The van der Waals surface area contributed by atoms with Gasteiger partial charge in [0.15, 0.2) is 0 Å². The number of nitrogens with zero attached hydrogens (tertiary/aromatic N) is 2. The molecule has 5 nitrogen and oxygen atoms in total. The highest BCUT2D eigenvalue weighted by atomic mass is 79.9. The quantitative estimate of drug-likeness (QED) is 0.609. The molecule has 0 saturated carbocycles. The van der Waals surface area contributed by atoms with E-state index in [9.17, 15) is 4.79 Å². The minimum atomic E-state index is -0.205. The van der Waals surface area contributed by atoms with Gasteiger partial charge in [-0.25, -0.2) is 0 Å². The number of rotatable bonds is 6. The Bertz CT molecular complexity index is 978. The summed E-state index contributed by atoms with van der Waals surface area (Å²) >= 11 is 3.46. The molecule has 1 aromatic heterocycles. The Morgan fingerprint density at radius 1 is 1.18 bits per heavy atom. The number of aryl methyl sites for hydroxylation is 1. The van der Waals surface area contributed by atoms with Crippen LogP contribution in [0.15, 0.2) is 59.2 Å². The second-order valence-electron chi connectivity index (χ2n) is 7.34. The van der Waals surface area contributed by atoms with Crippen LogP contribution in [0.2, 0.25) is 0 Å². The van der Waals surface area contributed by atoms with Crippen molar-refractivity contribution in [2.24, 2.45) is 7.05 Å². The Labute approximate surface area is 173 Å². The topological polar surface area (TPSA) is 56.2 Å². The molecule has 2 aromatic carbocycles. The lowest BCUT2D eigenvalue weighted by Gasteiger charge is -2.25. The number of aromatic nitrogens is 2. The zero-order chi connectivity index (χ0) is 20.3. The zero-order valence-corrected chi connectivity index (χ0v) is 18.1. The van der Waals surface area contributed by atoms with Crippen molar-refractivity contribution in [3.8, 4) is 17.0 Å². The fraction of sp³-hybridized carbons (Fsp3) is 0.273. The summed E-state index contributed by atoms with van der Waals surface area (Å²) in [6, 6.07) is 15.7. The van der Waals surface area contributed by atoms with Gasteiger partial charge in [0.25, 0.3) is 5.91 Å². The highest BCUT2D eigenvalue weighted by Gasteiger charge is 2.24. The zero-order valence-electron chi connectivity index (χ0n) is 16.5. The van der Waals surface area contributed by atoms with Gasteiger partial charge in [-0.05, 0) is 29.8 Å². The smallest absolute Gasteiger partial charge is 0.255 e. The number of hydrogen-bond acceptors (Lipinski definition) is 3. The lowest BCUT2D eigenvalue weighted by molar-refractivity contribution is 0.0946. The molecule has 0 saturated heterocycles. The third kappa shape index (κ3) is 4.28. The van der Waals surface area contributed by atoms with Crippen molar-refractivity contribution in [1.29, 1.82) is 0 Å². The molecule has 1 N–H and O–H groups in total. The van der Waals surface area contributed by atoms with Gasteiger partial charge in [-0.3, -0.25) is 9.48 Å². The van der Waals surface area contributed by atoms with Crippen molar-refractivity contribution in [1.82, 2.24) is 15.1 Å². The third-order valence-electron chi connectivity index (χ3n) is 4.75. The Morgan fingerprint density at radius 2 is 1.86 bits per heavy atom. The maximum absolute atomic E-state index is 13.0. The molecule has 1 heterocycles. The number of carbonyl (C=O) groups excluding carboxylic acids is 1. The first-order valence-electron chi connectivity index (χ1n) is 9.03. The van der Waals surface area contributed by atoms with Gasteiger partial charge in [0.2, 0.25) is 0 Å². The molecule has 1 amide bonds. The predicted molar refractivity (Wildman–Crippen MR) is 115 cm³/mol. The SMILES string of the molecule is COc1ccccc1-c1nn(C)cc1C(=O)NCC(C)(C)c1ccc(Br)cc1. The van der Waals surface area contributed by atoms with Crippen LogP contribution < -0.4 is 10.1 Å². The van der Waals surface area contributed by atoms with Crippen LogP contribution in [0, 0.1) is 0 Å². The summed E-state index contributed by atoms with van der Waals surface area (Å²) in [4.78, 5) is 13.0. The second kappa shape index (κ2) is 8.19. The predicted octanol–water partition coefficient (Wildman–Crippen LogP) is 4.57. The van der Waals surface area contributed by atoms with Gasteiger partial charge in [0.1, 0.15) is 11.4 Å². The number of amides is 1. The van der Waals surface area contributed by atoms with E-state index in [1.807, 2.05) is 43.4 Å². The van der Waals surface area contributed by atoms with Gasteiger partial charge >= 0.3 is 0 Å². The van der Waals surface area contributed by atoms with Crippen LogP contribution in [0.1, 0.15) is 29.8 Å². The Morgan fingerprint density at radius 3 is 2.54 bits per heavy atom. The van der Waals surface area contributed by atoms with Crippen LogP contribution in [-0.4, -0.2) is 29.3 Å². The molecule has 0 aliphatic carbocycles. The van der Waals surface area contributed by atoms with E-state index in [1.165, 1.54) is 0 Å². The molecule has 28 heavy (non-hydrogen) atoms. The molecule has 0 bridgehead atoms. The fourth-order valence-corrected chi connectivity index (χ4v) is 3.36. The molecule has 6 heteroatoms. The Kier molecular flexibility index (Phi) is 5.89. The van der Waals surface area contributed by atoms with Crippen molar-refractivity contribution in [3.05, 3.63) is 70.3 Å². The monoisotopic (exact) mass is 441 g/mol. The standard InChI is InChI=1S/C22H24BrN3O2/c1-22(2,15-9-11-16(23)12-10-15)14-24-21(27)18-13-26(3)25-20(18)17-7-5-6-8-19(17)28-4/h5-13H,14H2,1-4H3,(H,24,27). The van der Waals surface area contributed by atoms with Crippen LogP contribution in [0.5, 0.6) is 5.75 Å². The van der Waals surface area contributed by atoms with Gasteiger partial charge in [0, 0.05) is 35.2 Å². The summed E-state index contributed by atoms with van der Waals surface area (Å²) in [7, 11) is 3.42. The number of benzene rings is 2. The van der Waals surface area contributed by atoms with Gasteiger partial charge in [-0.15, -0.1) is 0 Å². The summed E-state index contributed by atoms with van der Waals surface area (Å²) in [5.41, 5.74) is 2.89. The van der Waals surface area contributed by atoms with Crippen molar-refractivity contribution >= 4 is 21.8 Å². The van der Waals surface area contributed by atoms with Gasteiger partial charge in [-0.1, -0.05) is 54.0 Å². The molecule has 3 rings (SSSR count). The summed E-state index contributed by atoms with van der Waals surface area (Å²) in [6.45, 7) is 4.73. The van der Waals surface area contributed by atoms with E-state index in [-0.39, 0.29) is 11.3 Å². The third-order valence-corrected chi connectivity index (χ3v) is 5.28. The molecule has 0 aliphatic rings. The van der Waals surface area contributed by atoms with E-state index in [0.29, 0.717) is 23.6 Å². The number of methoxy groups -OCH3 is 1. The average Bonchev–Trinajstić information content (AvgIpc) is 3.08. The van der Waals surface area contributed by atoms with Gasteiger partial charge in [0.05, 0.1) is 12.7 Å².